The highest BCUT2D eigenvalue weighted by atomic mass is 35.5. The van der Waals surface area contributed by atoms with Crippen LogP contribution in [-0.2, 0) is 5.41 Å². The molecule has 0 unspecified atom stereocenters. The minimum absolute atomic E-state index is 0.00475. The summed E-state index contributed by atoms with van der Waals surface area (Å²) in [6.45, 7) is 3.93. The summed E-state index contributed by atoms with van der Waals surface area (Å²) in [6.07, 6.45) is 0. The molecular formula is C13H13ClN2O2. The Labute approximate surface area is 110 Å². The van der Waals surface area contributed by atoms with Gasteiger partial charge in [0.15, 0.2) is 5.69 Å². The number of carboxylic acid groups (broad SMARTS) is 1. The smallest absolute Gasteiger partial charge is 0.356 e. The van der Waals surface area contributed by atoms with Crippen molar-refractivity contribution < 1.29 is 9.90 Å². The van der Waals surface area contributed by atoms with Gasteiger partial charge < -0.3 is 5.11 Å². The highest BCUT2D eigenvalue weighted by molar-refractivity contribution is 6.31. The van der Waals surface area contributed by atoms with Crippen LogP contribution in [0.3, 0.4) is 0 Å². The Morgan fingerprint density at radius 3 is 2.61 bits per heavy atom. The highest BCUT2D eigenvalue weighted by Crippen LogP contribution is 2.34. The molecule has 2 N–H and O–H groups in total. The number of aromatic amines is 1. The summed E-state index contributed by atoms with van der Waals surface area (Å²) in [7, 11) is 0. The first kappa shape index (κ1) is 12.6. The third kappa shape index (κ3) is 2.11. The first-order chi connectivity index (χ1) is 8.43. The van der Waals surface area contributed by atoms with E-state index in [1.165, 1.54) is 6.07 Å². The van der Waals surface area contributed by atoms with Gasteiger partial charge in [0.2, 0.25) is 0 Å². The van der Waals surface area contributed by atoms with E-state index in [2.05, 4.69) is 10.2 Å². The second-order valence-electron chi connectivity index (χ2n) is 4.58. The Morgan fingerprint density at radius 2 is 2.06 bits per heavy atom. The first-order valence-electron chi connectivity index (χ1n) is 5.47. The number of carbonyl (C=O) groups is 1. The molecule has 1 aromatic carbocycles. The van der Waals surface area contributed by atoms with Crippen LogP contribution in [0.5, 0.6) is 0 Å². The summed E-state index contributed by atoms with van der Waals surface area (Å²) in [4.78, 5) is 10.8. The molecule has 0 saturated heterocycles. The van der Waals surface area contributed by atoms with Gasteiger partial charge in [-0.1, -0.05) is 43.6 Å². The van der Waals surface area contributed by atoms with Crippen LogP contribution >= 0.6 is 11.6 Å². The number of rotatable bonds is 3. The topological polar surface area (TPSA) is 66.0 Å². The van der Waals surface area contributed by atoms with Crippen LogP contribution < -0.4 is 0 Å². The van der Waals surface area contributed by atoms with Crippen molar-refractivity contribution in [3.8, 4) is 0 Å². The van der Waals surface area contributed by atoms with E-state index in [4.69, 9.17) is 16.7 Å². The minimum atomic E-state index is -1.05. The quantitative estimate of drug-likeness (QED) is 0.895. The average Bonchev–Trinajstić information content (AvgIpc) is 2.79. The van der Waals surface area contributed by atoms with E-state index in [-0.39, 0.29) is 5.69 Å². The second-order valence-corrected chi connectivity index (χ2v) is 4.98. The summed E-state index contributed by atoms with van der Waals surface area (Å²) in [5, 5.41) is 16.1. The van der Waals surface area contributed by atoms with E-state index < -0.39 is 11.4 Å². The Hall–Kier alpha value is -1.81. The number of H-pyrrole nitrogens is 1. The fourth-order valence-corrected chi connectivity index (χ4v) is 2.24. The molecule has 0 aliphatic heterocycles. The third-order valence-electron chi connectivity index (χ3n) is 3.02. The summed E-state index contributed by atoms with van der Waals surface area (Å²) in [6, 6.07) is 9.03. The Balaban J connectivity index is 2.47. The number of hydrogen-bond acceptors (Lipinski definition) is 2. The molecule has 0 fully saturated rings. The van der Waals surface area contributed by atoms with Gasteiger partial charge in [0.05, 0.1) is 0 Å². The standard InChI is InChI=1S/C13H13ClN2O2/c1-13(2,8-5-3-4-6-9(8)14)11-7-10(12(17)18)15-16-11/h3-7H,1-2H3,(H,15,16)(H,17,18). The van der Waals surface area contributed by atoms with Crippen LogP contribution in [0.2, 0.25) is 5.02 Å². The predicted octanol–water partition coefficient (Wildman–Crippen LogP) is 3.09. The van der Waals surface area contributed by atoms with Crippen molar-refractivity contribution >= 4 is 17.6 Å². The van der Waals surface area contributed by atoms with Crippen LogP contribution in [-0.4, -0.2) is 21.3 Å². The summed E-state index contributed by atoms with van der Waals surface area (Å²) in [5.41, 5.74) is 1.21. The lowest BCUT2D eigenvalue weighted by Gasteiger charge is -2.24. The maximum Gasteiger partial charge on any atom is 0.356 e. The van der Waals surface area contributed by atoms with Crippen LogP contribution in [0.4, 0.5) is 0 Å². The molecular weight excluding hydrogens is 252 g/mol. The largest absolute Gasteiger partial charge is 0.476 e. The molecule has 0 saturated carbocycles. The molecule has 0 aliphatic rings. The van der Waals surface area contributed by atoms with Crippen LogP contribution in [0.15, 0.2) is 30.3 Å². The lowest BCUT2D eigenvalue weighted by atomic mass is 9.81. The number of hydrogen-bond donors (Lipinski definition) is 2. The maximum atomic E-state index is 10.8. The molecule has 0 spiro atoms. The molecule has 94 valence electrons. The number of halogens is 1. The van der Waals surface area contributed by atoms with E-state index in [9.17, 15) is 4.79 Å². The molecule has 1 aromatic heterocycles. The number of nitrogens with zero attached hydrogens (tertiary/aromatic N) is 1. The van der Waals surface area contributed by atoms with Gasteiger partial charge in [-0.3, -0.25) is 5.10 Å². The van der Waals surface area contributed by atoms with Crippen molar-refractivity contribution in [2.24, 2.45) is 0 Å². The zero-order chi connectivity index (χ0) is 13.3. The molecule has 5 heteroatoms. The van der Waals surface area contributed by atoms with E-state index in [1.807, 2.05) is 38.1 Å². The van der Waals surface area contributed by atoms with E-state index in [0.29, 0.717) is 10.7 Å². The number of benzene rings is 1. The molecule has 2 aromatic rings. The molecule has 4 nitrogen and oxygen atoms in total. The predicted molar refractivity (Wildman–Crippen MR) is 69.1 cm³/mol. The van der Waals surface area contributed by atoms with Crippen molar-refractivity contribution in [3.63, 3.8) is 0 Å². The van der Waals surface area contributed by atoms with Crippen molar-refractivity contribution in [2.45, 2.75) is 19.3 Å². The van der Waals surface area contributed by atoms with E-state index in [1.54, 1.807) is 0 Å². The summed E-state index contributed by atoms with van der Waals surface area (Å²) in [5.74, 6) is -1.05. The summed E-state index contributed by atoms with van der Waals surface area (Å²) >= 11 is 6.18. The van der Waals surface area contributed by atoms with Crippen molar-refractivity contribution in [3.05, 3.63) is 52.3 Å². The molecule has 2 rings (SSSR count). The Bertz CT molecular complexity index is 590. The maximum absolute atomic E-state index is 10.8. The van der Waals surface area contributed by atoms with E-state index in [0.717, 1.165) is 5.56 Å². The van der Waals surface area contributed by atoms with Crippen LogP contribution in [0, 0.1) is 0 Å². The number of nitrogens with one attached hydrogen (secondary N) is 1. The highest BCUT2D eigenvalue weighted by Gasteiger charge is 2.28. The molecule has 0 atom stereocenters. The van der Waals surface area contributed by atoms with Gasteiger partial charge >= 0.3 is 5.97 Å². The number of aromatic nitrogens is 2. The molecule has 0 aliphatic carbocycles. The van der Waals surface area contributed by atoms with Crippen LogP contribution in [0.25, 0.3) is 0 Å². The first-order valence-corrected chi connectivity index (χ1v) is 5.85. The zero-order valence-corrected chi connectivity index (χ0v) is 10.8. The molecule has 0 radical (unpaired) electrons. The summed E-state index contributed by atoms with van der Waals surface area (Å²) < 4.78 is 0. The molecule has 1 heterocycles. The number of carboxylic acids is 1. The Morgan fingerprint density at radius 1 is 1.39 bits per heavy atom. The number of aromatic carboxylic acids is 1. The zero-order valence-electron chi connectivity index (χ0n) is 10.1. The fraction of sp³-hybridized carbons (Fsp3) is 0.231. The average molecular weight is 265 g/mol. The van der Waals surface area contributed by atoms with Gasteiger partial charge in [-0.05, 0) is 17.7 Å². The second kappa shape index (κ2) is 4.46. The van der Waals surface area contributed by atoms with Gasteiger partial charge in [0, 0.05) is 16.1 Å². The normalized spacial score (nSPS) is 11.5. The molecule has 0 amide bonds. The van der Waals surface area contributed by atoms with E-state index >= 15 is 0 Å². The molecule has 0 bridgehead atoms. The van der Waals surface area contributed by atoms with Crippen molar-refractivity contribution in [2.75, 3.05) is 0 Å². The Kier molecular flexibility index (Phi) is 3.13. The van der Waals surface area contributed by atoms with Crippen LogP contribution in [0.1, 0.15) is 35.6 Å². The lowest BCUT2D eigenvalue weighted by Crippen LogP contribution is -2.20. The van der Waals surface area contributed by atoms with Gasteiger partial charge in [-0.25, -0.2) is 4.79 Å². The minimum Gasteiger partial charge on any atom is -0.476 e. The molecule has 18 heavy (non-hydrogen) atoms. The van der Waals surface area contributed by atoms with Crippen molar-refractivity contribution in [1.82, 2.24) is 10.2 Å². The van der Waals surface area contributed by atoms with Gasteiger partial charge in [-0.15, -0.1) is 0 Å². The third-order valence-corrected chi connectivity index (χ3v) is 3.35. The lowest BCUT2D eigenvalue weighted by molar-refractivity contribution is 0.0690. The monoisotopic (exact) mass is 264 g/mol. The SMILES string of the molecule is CC(C)(c1cc(C(=O)O)n[nH]1)c1ccccc1Cl. The van der Waals surface area contributed by atoms with Gasteiger partial charge in [-0.2, -0.15) is 5.10 Å². The van der Waals surface area contributed by atoms with Gasteiger partial charge in [0.1, 0.15) is 0 Å². The fourth-order valence-electron chi connectivity index (χ4n) is 1.86. The van der Waals surface area contributed by atoms with Gasteiger partial charge in [0.25, 0.3) is 0 Å². The van der Waals surface area contributed by atoms with Crippen molar-refractivity contribution in [1.29, 1.82) is 0 Å².